The highest BCUT2D eigenvalue weighted by Crippen LogP contribution is 2.34. The molecular formula is C16H15NO2S. The van der Waals surface area contributed by atoms with Crippen LogP contribution < -0.4 is 10.1 Å². The van der Waals surface area contributed by atoms with Gasteiger partial charge in [-0.1, -0.05) is 29.8 Å². The summed E-state index contributed by atoms with van der Waals surface area (Å²) in [6.45, 7) is 2.62. The molecule has 0 fully saturated rings. The molecule has 0 spiro atoms. The van der Waals surface area contributed by atoms with Crippen molar-refractivity contribution in [1.82, 2.24) is 0 Å². The lowest BCUT2D eigenvalue weighted by molar-refractivity contribution is -0.113. The predicted octanol–water partition coefficient (Wildman–Crippen LogP) is 3.62. The van der Waals surface area contributed by atoms with Crippen LogP contribution in [0.4, 0.5) is 5.69 Å². The highest BCUT2D eigenvalue weighted by atomic mass is 32.2. The summed E-state index contributed by atoms with van der Waals surface area (Å²) in [5, 5.41) is 2.85. The van der Waals surface area contributed by atoms with Gasteiger partial charge in [-0.3, -0.25) is 4.79 Å². The molecule has 1 amide bonds. The number of anilines is 1. The lowest BCUT2D eigenvalue weighted by Gasteiger charge is -2.17. The fourth-order valence-electron chi connectivity index (χ4n) is 2.00. The second-order valence-corrected chi connectivity index (χ2v) is 5.79. The lowest BCUT2D eigenvalue weighted by atomic mass is 10.2. The largest absolute Gasteiger partial charge is 0.489 e. The first-order valence-electron chi connectivity index (χ1n) is 6.46. The molecule has 1 aliphatic rings. The fraction of sp³-hybridized carbons (Fsp3) is 0.188. The summed E-state index contributed by atoms with van der Waals surface area (Å²) in [6.07, 6.45) is 0. The summed E-state index contributed by atoms with van der Waals surface area (Å²) in [4.78, 5) is 12.3. The molecule has 4 heteroatoms. The van der Waals surface area contributed by atoms with E-state index in [1.807, 2.05) is 18.2 Å². The summed E-state index contributed by atoms with van der Waals surface area (Å²) in [7, 11) is 0. The Morgan fingerprint density at radius 2 is 2.00 bits per heavy atom. The summed E-state index contributed by atoms with van der Waals surface area (Å²) in [5.74, 6) is 1.35. The zero-order valence-electron chi connectivity index (χ0n) is 11.2. The quantitative estimate of drug-likeness (QED) is 0.936. The third-order valence-electron chi connectivity index (χ3n) is 3.11. The van der Waals surface area contributed by atoms with Gasteiger partial charge in [-0.25, -0.2) is 0 Å². The number of carbonyl (C=O) groups is 1. The van der Waals surface area contributed by atoms with Crippen LogP contribution in [-0.4, -0.2) is 11.7 Å². The van der Waals surface area contributed by atoms with E-state index in [0.717, 1.165) is 21.9 Å². The van der Waals surface area contributed by atoms with Gasteiger partial charge in [-0.05, 0) is 30.7 Å². The summed E-state index contributed by atoms with van der Waals surface area (Å²) in [5.41, 5.74) is 3.26. The molecule has 0 saturated heterocycles. The van der Waals surface area contributed by atoms with Gasteiger partial charge in [0.25, 0.3) is 0 Å². The molecule has 0 unspecified atom stereocenters. The number of ether oxygens (including phenoxy) is 1. The Kier molecular flexibility index (Phi) is 3.65. The number of amides is 1. The van der Waals surface area contributed by atoms with Crippen LogP contribution in [0.2, 0.25) is 0 Å². The normalized spacial score (nSPS) is 13.6. The zero-order chi connectivity index (χ0) is 13.9. The van der Waals surface area contributed by atoms with Crippen molar-refractivity contribution in [3.63, 3.8) is 0 Å². The van der Waals surface area contributed by atoms with Crippen molar-refractivity contribution >= 4 is 23.4 Å². The summed E-state index contributed by atoms with van der Waals surface area (Å²) >= 11 is 1.54. The Hall–Kier alpha value is -1.94. The molecule has 3 rings (SSSR count). The average molecular weight is 285 g/mol. The molecule has 1 heterocycles. The van der Waals surface area contributed by atoms with Gasteiger partial charge in [0, 0.05) is 4.90 Å². The van der Waals surface area contributed by atoms with Crippen LogP contribution in [-0.2, 0) is 11.4 Å². The standard InChI is InChI=1S/C16H15NO2S/c1-11-2-4-12(5-3-11)9-19-13-6-7-14-15(8-13)20-10-16(18)17-14/h2-8H,9-10H2,1H3,(H,17,18). The first kappa shape index (κ1) is 13.1. The van der Waals surface area contributed by atoms with Gasteiger partial charge in [0.2, 0.25) is 5.91 Å². The van der Waals surface area contributed by atoms with Crippen molar-refractivity contribution in [1.29, 1.82) is 0 Å². The number of benzene rings is 2. The van der Waals surface area contributed by atoms with Gasteiger partial charge in [-0.2, -0.15) is 0 Å². The number of nitrogens with one attached hydrogen (secondary N) is 1. The van der Waals surface area contributed by atoms with Crippen LogP contribution in [0.15, 0.2) is 47.4 Å². The minimum absolute atomic E-state index is 0.0517. The molecule has 1 aliphatic heterocycles. The Balaban J connectivity index is 1.69. The average Bonchev–Trinajstić information content (AvgIpc) is 2.46. The van der Waals surface area contributed by atoms with Crippen molar-refractivity contribution in [2.75, 3.05) is 11.1 Å². The summed E-state index contributed by atoms with van der Waals surface area (Å²) < 4.78 is 5.80. The van der Waals surface area contributed by atoms with Crippen molar-refractivity contribution in [3.8, 4) is 5.75 Å². The number of thioether (sulfide) groups is 1. The van der Waals surface area contributed by atoms with Gasteiger partial charge in [0.05, 0.1) is 11.4 Å². The van der Waals surface area contributed by atoms with E-state index < -0.39 is 0 Å². The van der Waals surface area contributed by atoms with Crippen molar-refractivity contribution < 1.29 is 9.53 Å². The van der Waals surface area contributed by atoms with Gasteiger partial charge in [0.1, 0.15) is 12.4 Å². The Morgan fingerprint density at radius 1 is 1.20 bits per heavy atom. The van der Waals surface area contributed by atoms with Gasteiger partial charge >= 0.3 is 0 Å². The van der Waals surface area contributed by atoms with E-state index in [4.69, 9.17) is 4.74 Å². The molecule has 0 atom stereocenters. The van der Waals surface area contributed by atoms with Crippen molar-refractivity contribution in [2.45, 2.75) is 18.4 Å². The Labute approximate surface area is 122 Å². The molecule has 0 saturated carbocycles. The minimum Gasteiger partial charge on any atom is -0.489 e. The van der Waals surface area contributed by atoms with Gasteiger partial charge < -0.3 is 10.1 Å². The highest BCUT2D eigenvalue weighted by Gasteiger charge is 2.15. The van der Waals surface area contributed by atoms with E-state index in [0.29, 0.717) is 12.4 Å². The molecule has 2 aromatic carbocycles. The number of fused-ring (bicyclic) bond motifs is 1. The van der Waals surface area contributed by atoms with E-state index in [9.17, 15) is 4.79 Å². The zero-order valence-corrected chi connectivity index (χ0v) is 12.0. The van der Waals surface area contributed by atoms with E-state index >= 15 is 0 Å². The number of aryl methyl sites for hydroxylation is 1. The van der Waals surface area contributed by atoms with Gasteiger partial charge in [-0.15, -0.1) is 11.8 Å². The molecule has 2 aromatic rings. The number of hydrogen-bond acceptors (Lipinski definition) is 3. The maximum absolute atomic E-state index is 11.3. The van der Waals surface area contributed by atoms with Crippen molar-refractivity contribution in [2.24, 2.45) is 0 Å². The predicted molar refractivity (Wildman–Crippen MR) is 81.3 cm³/mol. The summed E-state index contributed by atoms with van der Waals surface area (Å²) in [6, 6.07) is 14.1. The molecule has 1 N–H and O–H groups in total. The Bertz CT molecular complexity index is 637. The number of rotatable bonds is 3. The van der Waals surface area contributed by atoms with Gasteiger partial charge in [0.15, 0.2) is 0 Å². The van der Waals surface area contributed by atoms with E-state index in [1.54, 1.807) is 11.8 Å². The second kappa shape index (κ2) is 5.59. The Morgan fingerprint density at radius 3 is 2.80 bits per heavy atom. The van der Waals surface area contributed by atoms with E-state index in [-0.39, 0.29) is 5.91 Å². The molecule has 102 valence electrons. The number of carbonyl (C=O) groups excluding carboxylic acids is 1. The SMILES string of the molecule is Cc1ccc(COc2ccc3c(c2)SCC(=O)N3)cc1. The maximum atomic E-state index is 11.3. The third kappa shape index (κ3) is 2.96. The fourth-order valence-corrected chi connectivity index (χ4v) is 2.83. The second-order valence-electron chi connectivity index (χ2n) is 4.77. The van der Waals surface area contributed by atoms with E-state index in [1.165, 1.54) is 5.56 Å². The van der Waals surface area contributed by atoms with Crippen LogP contribution in [0.3, 0.4) is 0 Å². The van der Waals surface area contributed by atoms with Crippen LogP contribution in [0, 0.1) is 6.92 Å². The van der Waals surface area contributed by atoms with E-state index in [2.05, 4.69) is 36.5 Å². The lowest BCUT2D eigenvalue weighted by Crippen LogP contribution is -2.18. The first-order chi connectivity index (χ1) is 9.70. The minimum atomic E-state index is 0.0517. The third-order valence-corrected chi connectivity index (χ3v) is 4.17. The smallest absolute Gasteiger partial charge is 0.234 e. The molecule has 0 aromatic heterocycles. The van der Waals surface area contributed by atoms with Crippen LogP contribution in [0.5, 0.6) is 5.75 Å². The van der Waals surface area contributed by atoms with Crippen LogP contribution in [0.1, 0.15) is 11.1 Å². The van der Waals surface area contributed by atoms with Crippen LogP contribution in [0.25, 0.3) is 0 Å². The topological polar surface area (TPSA) is 38.3 Å². The molecule has 0 aliphatic carbocycles. The van der Waals surface area contributed by atoms with Crippen molar-refractivity contribution in [3.05, 3.63) is 53.6 Å². The monoisotopic (exact) mass is 285 g/mol. The molecule has 0 radical (unpaired) electrons. The van der Waals surface area contributed by atoms with Crippen LogP contribution >= 0.6 is 11.8 Å². The first-order valence-corrected chi connectivity index (χ1v) is 7.44. The number of hydrogen-bond donors (Lipinski definition) is 1. The molecule has 3 nitrogen and oxygen atoms in total. The highest BCUT2D eigenvalue weighted by molar-refractivity contribution is 8.00. The maximum Gasteiger partial charge on any atom is 0.234 e. The molecule has 20 heavy (non-hydrogen) atoms. The molecule has 0 bridgehead atoms. The molecular weight excluding hydrogens is 270 g/mol.